The van der Waals surface area contributed by atoms with Crippen molar-refractivity contribution < 1.29 is 17.4 Å². The number of nitrogen functional groups attached to an aromatic ring is 1. The van der Waals surface area contributed by atoms with Gasteiger partial charge in [0.1, 0.15) is 0 Å². The normalized spacial score (nSPS) is 13.1. The molecule has 0 aromatic heterocycles. The Hall–Kier alpha value is -1.82. The Morgan fingerprint density at radius 1 is 1.10 bits per heavy atom. The van der Waals surface area contributed by atoms with E-state index in [4.69, 9.17) is 5.73 Å². The van der Waals surface area contributed by atoms with Crippen molar-refractivity contribution >= 4 is 16.5 Å². The van der Waals surface area contributed by atoms with Gasteiger partial charge >= 0.3 is 6.18 Å². The maximum Gasteiger partial charge on any atom is 0.416 e. The number of para-hydroxylation sites is 1. The summed E-state index contributed by atoms with van der Waals surface area (Å²) in [6, 6.07) is 9.90. The zero-order valence-electron chi connectivity index (χ0n) is 11.3. The van der Waals surface area contributed by atoms with Gasteiger partial charge in [-0.1, -0.05) is 24.3 Å². The van der Waals surface area contributed by atoms with Crippen LogP contribution in [-0.4, -0.2) is 4.21 Å². The highest BCUT2D eigenvalue weighted by atomic mass is 32.2. The lowest BCUT2D eigenvalue weighted by atomic mass is 10.1. The molecule has 0 fully saturated rings. The number of aryl methyl sites for hydroxylation is 1. The fourth-order valence-electron chi connectivity index (χ4n) is 1.87. The summed E-state index contributed by atoms with van der Waals surface area (Å²) in [6.45, 7) is 1.81. The lowest BCUT2D eigenvalue weighted by Crippen LogP contribution is -2.05. The van der Waals surface area contributed by atoms with E-state index < -0.39 is 22.5 Å². The number of hydrogen-bond acceptors (Lipinski definition) is 2. The first kappa shape index (κ1) is 15.6. The topological polar surface area (TPSA) is 43.1 Å². The molecular weight excluding hydrogens is 299 g/mol. The molecule has 6 heteroatoms. The molecule has 2 aromatic carbocycles. The predicted octanol–water partition coefficient (Wildman–Crippen LogP) is 3.90. The molecule has 0 aliphatic rings. The minimum Gasteiger partial charge on any atom is -0.398 e. The van der Waals surface area contributed by atoms with E-state index in [9.17, 15) is 17.4 Å². The first-order chi connectivity index (χ1) is 9.79. The molecule has 0 heterocycles. The minimum atomic E-state index is -4.36. The van der Waals surface area contributed by atoms with Crippen molar-refractivity contribution in [3.63, 3.8) is 0 Å². The second kappa shape index (κ2) is 5.89. The van der Waals surface area contributed by atoms with Crippen LogP contribution in [0.2, 0.25) is 0 Å². The molecule has 112 valence electrons. The summed E-state index contributed by atoms with van der Waals surface area (Å²) in [5.74, 6) is 0.131. The molecule has 0 aliphatic carbocycles. The van der Waals surface area contributed by atoms with Crippen molar-refractivity contribution in [1.29, 1.82) is 0 Å². The van der Waals surface area contributed by atoms with Crippen molar-refractivity contribution in [1.82, 2.24) is 0 Å². The maximum atomic E-state index is 12.5. The van der Waals surface area contributed by atoms with Gasteiger partial charge in [0.25, 0.3) is 0 Å². The summed E-state index contributed by atoms with van der Waals surface area (Å²) in [5, 5.41) is 0. The molecule has 0 spiro atoms. The highest BCUT2D eigenvalue weighted by Gasteiger charge is 2.29. The third-order valence-electron chi connectivity index (χ3n) is 3.11. The Bertz CT molecular complexity index is 666. The zero-order valence-corrected chi connectivity index (χ0v) is 12.1. The Morgan fingerprint density at radius 3 is 2.29 bits per heavy atom. The molecule has 0 amide bonds. The first-order valence-corrected chi connectivity index (χ1v) is 7.50. The highest BCUT2D eigenvalue weighted by molar-refractivity contribution is 7.84. The van der Waals surface area contributed by atoms with Gasteiger partial charge in [-0.25, -0.2) is 0 Å². The van der Waals surface area contributed by atoms with Crippen LogP contribution in [0.4, 0.5) is 18.9 Å². The van der Waals surface area contributed by atoms with Crippen LogP contribution < -0.4 is 5.73 Å². The SMILES string of the molecule is Cc1cccc(S(=O)Cc2ccc(C(F)(F)F)cc2)c1N. The fourth-order valence-corrected chi connectivity index (χ4v) is 3.16. The Labute approximate surface area is 123 Å². The van der Waals surface area contributed by atoms with E-state index in [0.29, 0.717) is 16.1 Å². The van der Waals surface area contributed by atoms with Crippen molar-refractivity contribution in [2.24, 2.45) is 0 Å². The van der Waals surface area contributed by atoms with E-state index in [1.807, 2.05) is 13.0 Å². The summed E-state index contributed by atoms with van der Waals surface area (Å²) in [4.78, 5) is 0.509. The van der Waals surface area contributed by atoms with Gasteiger partial charge in [0.15, 0.2) is 0 Å². The molecule has 2 rings (SSSR count). The zero-order chi connectivity index (χ0) is 15.6. The standard InChI is InChI=1S/C15H14F3NOS/c1-10-3-2-4-13(14(10)19)21(20)9-11-5-7-12(8-6-11)15(16,17)18/h2-8H,9,19H2,1H3. The minimum absolute atomic E-state index is 0.131. The molecule has 2 N–H and O–H groups in total. The van der Waals surface area contributed by atoms with Crippen LogP contribution in [0.3, 0.4) is 0 Å². The average Bonchev–Trinajstić information content (AvgIpc) is 2.41. The lowest BCUT2D eigenvalue weighted by Gasteiger charge is -2.09. The molecule has 0 aliphatic heterocycles. The van der Waals surface area contributed by atoms with E-state index in [-0.39, 0.29) is 5.75 Å². The molecule has 1 unspecified atom stereocenters. The molecule has 2 aromatic rings. The van der Waals surface area contributed by atoms with Crippen LogP contribution >= 0.6 is 0 Å². The lowest BCUT2D eigenvalue weighted by molar-refractivity contribution is -0.137. The maximum absolute atomic E-state index is 12.5. The number of hydrogen-bond donors (Lipinski definition) is 1. The molecule has 0 saturated carbocycles. The Morgan fingerprint density at radius 2 is 1.71 bits per heavy atom. The molecule has 2 nitrogen and oxygen atoms in total. The van der Waals surface area contributed by atoms with E-state index >= 15 is 0 Å². The number of nitrogens with two attached hydrogens (primary N) is 1. The van der Waals surface area contributed by atoms with E-state index in [2.05, 4.69) is 0 Å². The molecule has 0 saturated heterocycles. The summed E-state index contributed by atoms with van der Waals surface area (Å²) in [6.07, 6.45) is -4.36. The van der Waals surface area contributed by atoms with Gasteiger partial charge in [0, 0.05) is 0 Å². The number of alkyl halides is 3. The third kappa shape index (κ3) is 3.64. The molecule has 1 atom stereocenters. The molecule has 0 radical (unpaired) electrons. The first-order valence-electron chi connectivity index (χ1n) is 6.18. The summed E-state index contributed by atoms with van der Waals surface area (Å²) >= 11 is 0. The number of halogens is 3. The molecule has 0 bridgehead atoms. The second-order valence-corrected chi connectivity index (χ2v) is 6.09. The van der Waals surface area contributed by atoms with Gasteiger partial charge in [-0.05, 0) is 36.2 Å². The summed E-state index contributed by atoms with van der Waals surface area (Å²) < 4.78 is 49.7. The monoisotopic (exact) mass is 313 g/mol. The van der Waals surface area contributed by atoms with Crippen molar-refractivity contribution in [2.75, 3.05) is 5.73 Å². The van der Waals surface area contributed by atoms with Crippen molar-refractivity contribution in [3.8, 4) is 0 Å². The number of anilines is 1. The Balaban J connectivity index is 2.18. The van der Waals surface area contributed by atoms with Gasteiger partial charge in [-0.2, -0.15) is 13.2 Å². The molecule has 21 heavy (non-hydrogen) atoms. The van der Waals surface area contributed by atoms with Crippen LogP contribution in [0, 0.1) is 6.92 Å². The van der Waals surface area contributed by atoms with Gasteiger partial charge in [0.05, 0.1) is 32.7 Å². The highest BCUT2D eigenvalue weighted by Crippen LogP contribution is 2.29. The third-order valence-corrected chi connectivity index (χ3v) is 4.55. The van der Waals surface area contributed by atoms with Crippen LogP contribution in [0.25, 0.3) is 0 Å². The summed E-state index contributed by atoms with van der Waals surface area (Å²) in [7, 11) is -1.39. The van der Waals surface area contributed by atoms with Gasteiger partial charge in [-0.3, -0.25) is 4.21 Å². The van der Waals surface area contributed by atoms with Crippen molar-refractivity contribution in [2.45, 2.75) is 23.7 Å². The van der Waals surface area contributed by atoms with E-state index in [1.54, 1.807) is 12.1 Å². The largest absolute Gasteiger partial charge is 0.416 e. The summed E-state index contributed by atoms with van der Waals surface area (Å²) in [5.41, 5.74) is 7.02. The van der Waals surface area contributed by atoms with E-state index in [0.717, 1.165) is 17.7 Å². The van der Waals surface area contributed by atoms with Gasteiger partial charge < -0.3 is 5.73 Å². The van der Waals surface area contributed by atoms with Gasteiger partial charge in [-0.15, -0.1) is 0 Å². The van der Waals surface area contributed by atoms with Crippen LogP contribution in [0.1, 0.15) is 16.7 Å². The predicted molar refractivity (Wildman–Crippen MR) is 77.1 cm³/mol. The number of benzene rings is 2. The van der Waals surface area contributed by atoms with Crippen LogP contribution in [-0.2, 0) is 22.7 Å². The molecular formula is C15H14F3NOS. The van der Waals surface area contributed by atoms with Gasteiger partial charge in [0.2, 0.25) is 0 Å². The van der Waals surface area contributed by atoms with E-state index in [1.165, 1.54) is 12.1 Å². The van der Waals surface area contributed by atoms with Crippen LogP contribution in [0.15, 0.2) is 47.4 Å². The van der Waals surface area contributed by atoms with Crippen molar-refractivity contribution in [3.05, 3.63) is 59.2 Å². The second-order valence-electron chi connectivity index (χ2n) is 4.67. The Kier molecular flexibility index (Phi) is 4.37. The quantitative estimate of drug-likeness (QED) is 0.873. The smallest absolute Gasteiger partial charge is 0.398 e. The number of rotatable bonds is 3. The van der Waals surface area contributed by atoms with Crippen LogP contribution in [0.5, 0.6) is 0 Å². The fraction of sp³-hybridized carbons (Fsp3) is 0.200. The average molecular weight is 313 g/mol.